The first-order chi connectivity index (χ1) is 11.7. The SMILES string of the molecule is OC1CNCC1CNCc1cccc(OCc2ccc(F)cc2)c1. The van der Waals surface area contributed by atoms with Gasteiger partial charge in [0.05, 0.1) is 6.10 Å². The second kappa shape index (κ2) is 8.24. The average Bonchev–Trinajstić information content (AvgIpc) is 3.00. The molecular weight excluding hydrogens is 307 g/mol. The predicted molar refractivity (Wildman–Crippen MR) is 91.2 cm³/mol. The van der Waals surface area contributed by atoms with Crippen LogP contribution in [-0.4, -0.2) is 30.8 Å². The molecule has 1 heterocycles. The van der Waals surface area contributed by atoms with Crippen LogP contribution in [0.4, 0.5) is 4.39 Å². The van der Waals surface area contributed by atoms with Gasteiger partial charge >= 0.3 is 0 Å². The van der Waals surface area contributed by atoms with Gasteiger partial charge in [0.25, 0.3) is 0 Å². The molecule has 0 aliphatic carbocycles. The van der Waals surface area contributed by atoms with Crippen LogP contribution in [0.15, 0.2) is 48.5 Å². The Bertz CT molecular complexity index is 648. The third kappa shape index (κ3) is 4.77. The van der Waals surface area contributed by atoms with Crippen molar-refractivity contribution in [3.05, 3.63) is 65.5 Å². The number of hydrogen-bond donors (Lipinski definition) is 3. The number of aliphatic hydroxyl groups is 1. The number of β-amino-alcohol motifs (C(OH)–C–C–N with tert-alkyl or cyclic N) is 1. The summed E-state index contributed by atoms with van der Waals surface area (Å²) in [4.78, 5) is 0. The highest BCUT2D eigenvalue weighted by atomic mass is 19.1. The van der Waals surface area contributed by atoms with E-state index in [0.717, 1.165) is 36.5 Å². The van der Waals surface area contributed by atoms with Crippen LogP contribution >= 0.6 is 0 Å². The van der Waals surface area contributed by atoms with Crippen molar-refractivity contribution in [2.75, 3.05) is 19.6 Å². The maximum absolute atomic E-state index is 12.9. The fraction of sp³-hybridized carbons (Fsp3) is 0.368. The van der Waals surface area contributed by atoms with Crippen LogP contribution in [0.1, 0.15) is 11.1 Å². The zero-order chi connectivity index (χ0) is 16.8. The number of halogens is 1. The number of benzene rings is 2. The normalized spacial score (nSPS) is 20.2. The first kappa shape index (κ1) is 16.9. The Kier molecular flexibility index (Phi) is 5.80. The Morgan fingerprint density at radius 3 is 2.71 bits per heavy atom. The summed E-state index contributed by atoms with van der Waals surface area (Å²) in [5, 5.41) is 16.3. The van der Waals surface area contributed by atoms with Crippen molar-refractivity contribution in [2.45, 2.75) is 19.3 Å². The van der Waals surface area contributed by atoms with Crippen molar-refractivity contribution in [2.24, 2.45) is 5.92 Å². The molecule has 3 rings (SSSR count). The van der Waals surface area contributed by atoms with E-state index in [9.17, 15) is 9.50 Å². The van der Waals surface area contributed by atoms with Gasteiger partial charge < -0.3 is 20.5 Å². The van der Waals surface area contributed by atoms with E-state index in [1.54, 1.807) is 12.1 Å². The summed E-state index contributed by atoms with van der Waals surface area (Å²) in [6, 6.07) is 14.2. The van der Waals surface area contributed by atoms with E-state index in [2.05, 4.69) is 10.6 Å². The van der Waals surface area contributed by atoms with Gasteiger partial charge in [0, 0.05) is 32.1 Å². The summed E-state index contributed by atoms with van der Waals surface area (Å²) in [5.41, 5.74) is 2.06. The molecule has 0 saturated carbocycles. The summed E-state index contributed by atoms with van der Waals surface area (Å²) in [6.07, 6.45) is -0.261. The highest BCUT2D eigenvalue weighted by Crippen LogP contribution is 2.16. The Hall–Kier alpha value is -1.95. The lowest BCUT2D eigenvalue weighted by atomic mass is 10.1. The molecule has 0 spiro atoms. The van der Waals surface area contributed by atoms with Gasteiger partial charge in [-0.05, 0) is 35.4 Å². The smallest absolute Gasteiger partial charge is 0.123 e. The summed E-state index contributed by atoms with van der Waals surface area (Å²) >= 11 is 0. The lowest BCUT2D eigenvalue weighted by Gasteiger charge is -2.14. The van der Waals surface area contributed by atoms with Crippen molar-refractivity contribution < 1.29 is 14.2 Å². The van der Waals surface area contributed by atoms with Crippen LogP contribution in [-0.2, 0) is 13.2 Å². The molecule has 5 heteroatoms. The Balaban J connectivity index is 1.47. The van der Waals surface area contributed by atoms with Crippen molar-refractivity contribution in [1.82, 2.24) is 10.6 Å². The Morgan fingerprint density at radius 1 is 1.12 bits per heavy atom. The highest BCUT2D eigenvalue weighted by molar-refractivity contribution is 5.29. The number of hydrogen-bond acceptors (Lipinski definition) is 4. The van der Waals surface area contributed by atoms with E-state index in [4.69, 9.17) is 4.74 Å². The van der Waals surface area contributed by atoms with Gasteiger partial charge in [-0.3, -0.25) is 0 Å². The quantitative estimate of drug-likeness (QED) is 0.727. The van der Waals surface area contributed by atoms with Crippen LogP contribution in [0.3, 0.4) is 0 Å². The van der Waals surface area contributed by atoms with Gasteiger partial charge in [-0.2, -0.15) is 0 Å². The Morgan fingerprint density at radius 2 is 1.96 bits per heavy atom. The molecule has 0 aromatic heterocycles. The summed E-state index contributed by atoms with van der Waals surface area (Å²) in [6.45, 7) is 3.47. The van der Waals surface area contributed by atoms with Gasteiger partial charge in [-0.15, -0.1) is 0 Å². The van der Waals surface area contributed by atoms with Crippen LogP contribution in [0.25, 0.3) is 0 Å². The van der Waals surface area contributed by atoms with Gasteiger partial charge in [0.1, 0.15) is 18.2 Å². The summed E-state index contributed by atoms with van der Waals surface area (Å²) in [7, 11) is 0. The molecule has 0 radical (unpaired) electrons. The van der Waals surface area contributed by atoms with Gasteiger partial charge in [0.15, 0.2) is 0 Å². The minimum absolute atomic E-state index is 0.241. The third-order valence-electron chi connectivity index (χ3n) is 4.26. The molecule has 128 valence electrons. The van der Waals surface area contributed by atoms with Crippen LogP contribution in [0.5, 0.6) is 5.75 Å². The molecule has 2 atom stereocenters. The molecule has 0 bridgehead atoms. The summed E-state index contributed by atoms with van der Waals surface area (Å²) < 4.78 is 18.7. The van der Waals surface area contributed by atoms with Crippen LogP contribution in [0.2, 0.25) is 0 Å². The predicted octanol–water partition coefficient (Wildman–Crippen LogP) is 2.07. The second-order valence-corrected chi connectivity index (χ2v) is 6.18. The molecule has 1 aliphatic heterocycles. The van der Waals surface area contributed by atoms with Gasteiger partial charge in [0.2, 0.25) is 0 Å². The zero-order valence-electron chi connectivity index (χ0n) is 13.5. The van der Waals surface area contributed by atoms with Crippen LogP contribution in [0, 0.1) is 11.7 Å². The first-order valence-electron chi connectivity index (χ1n) is 8.26. The van der Waals surface area contributed by atoms with Gasteiger partial charge in [-0.1, -0.05) is 24.3 Å². The average molecular weight is 330 g/mol. The summed E-state index contributed by atoms with van der Waals surface area (Å²) in [5.74, 6) is 0.818. The molecule has 0 amide bonds. The lowest BCUT2D eigenvalue weighted by molar-refractivity contribution is 0.146. The lowest BCUT2D eigenvalue weighted by Crippen LogP contribution is -2.30. The molecule has 2 unspecified atom stereocenters. The van der Waals surface area contributed by atoms with Crippen molar-refractivity contribution >= 4 is 0 Å². The van der Waals surface area contributed by atoms with Crippen molar-refractivity contribution in [3.63, 3.8) is 0 Å². The molecule has 2 aromatic carbocycles. The maximum Gasteiger partial charge on any atom is 0.123 e. The monoisotopic (exact) mass is 330 g/mol. The van der Waals surface area contributed by atoms with Crippen molar-refractivity contribution in [3.8, 4) is 5.75 Å². The molecule has 1 fully saturated rings. The van der Waals surface area contributed by atoms with Gasteiger partial charge in [-0.25, -0.2) is 4.39 Å². The number of ether oxygens (including phenoxy) is 1. The van der Waals surface area contributed by atoms with Crippen molar-refractivity contribution in [1.29, 1.82) is 0 Å². The van der Waals surface area contributed by atoms with E-state index >= 15 is 0 Å². The van der Waals surface area contributed by atoms with E-state index in [1.165, 1.54) is 12.1 Å². The first-order valence-corrected chi connectivity index (χ1v) is 8.26. The molecule has 1 aliphatic rings. The topological polar surface area (TPSA) is 53.5 Å². The third-order valence-corrected chi connectivity index (χ3v) is 4.26. The number of nitrogens with one attached hydrogen (secondary N) is 2. The fourth-order valence-corrected chi connectivity index (χ4v) is 2.82. The second-order valence-electron chi connectivity index (χ2n) is 6.18. The van der Waals surface area contributed by atoms with E-state index < -0.39 is 0 Å². The van der Waals surface area contributed by atoms with E-state index in [0.29, 0.717) is 13.2 Å². The maximum atomic E-state index is 12.9. The van der Waals surface area contributed by atoms with E-state index in [-0.39, 0.29) is 17.8 Å². The molecule has 24 heavy (non-hydrogen) atoms. The molecule has 1 saturated heterocycles. The fourth-order valence-electron chi connectivity index (χ4n) is 2.82. The molecule has 2 aromatic rings. The molecule has 4 nitrogen and oxygen atoms in total. The minimum atomic E-state index is -0.261. The standard InChI is InChI=1S/C19H23FN2O2/c20-17-6-4-14(5-7-17)13-24-18-3-1-2-15(8-18)9-21-10-16-11-22-12-19(16)23/h1-8,16,19,21-23H,9-13H2. The Labute approximate surface area is 141 Å². The minimum Gasteiger partial charge on any atom is -0.489 e. The highest BCUT2D eigenvalue weighted by Gasteiger charge is 2.23. The number of rotatable bonds is 7. The molecular formula is C19H23FN2O2. The van der Waals surface area contributed by atoms with E-state index in [1.807, 2.05) is 24.3 Å². The van der Waals surface area contributed by atoms with Crippen LogP contribution < -0.4 is 15.4 Å². The zero-order valence-corrected chi connectivity index (χ0v) is 13.5. The largest absolute Gasteiger partial charge is 0.489 e. The number of aliphatic hydroxyl groups excluding tert-OH is 1. The molecule has 3 N–H and O–H groups in total.